The molecule has 1 amide bonds. The van der Waals surface area contributed by atoms with Crippen molar-refractivity contribution < 1.29 is 18.0 Å². The monoisotopic (exact) mass is 319 g/mol. The van der Waals surface area contributed by atoms with Crippen molar-refractivity contribution in [1.82, 2.24) is 0 Å². The molecule has 0 spiro atoms. The molecular formula is C18H16F3NO. The van der Waals surface area contributed by atoms with E-state index in [9.17, 15) is 18.0 Å². The van der Waals surface area contributed by atoms with Crippen molar-refractivity contribution in [3.05, 3.63) is 60.2 Å². The topological polar surface area (TPSA) is 43.1 Å². The van der Waals surface area contributed by atoms with Gasteiger partial charge in [-0.2, -0.15) is 13.2 Å². The lowest BCUT2D eigenvalue weighted by atomic mass is 9.73. The van der Waals surface area contributed by atoms with Crippen LogP contribution in [0.25, 0.3) is 10.8 Å². The van der Waals surface area contributed by atoms with Gasteiger partial charge in [0.25, 0.3) is 0 Å². The van der Waals surface area contributed by atoms with Gasteiger partial charge in [0, 0.05) is 5.92 Å². The van der Waals surface area contributed by atoms with Gasteiger partial charge in [-0.3, -0.25) is 4.79 Å². The van der Waals surface area contributed by atoms with Gasteiger partial charge < -0.3 is 5.73 Å². The second kappa shape index (κ2) is 5.72. The first-order valence-corrected chi connectivity index (χ1v) is 7.40. The average Bonchev–Trinajstić information content (AvgIpc) is 2.53. The lowest BCUT2D eigenvalue weighted by Gasteiger charge is -2.32. The van der Waals surface area contributed by atoms with E-state index in [0.29, 0.717) is 0 Å². The van der Waals surface area contributed by atoms with Crippen LogP contribution in [0.3, 0.4) is 0 Å². The van der Waals surface area contributed by atoms with E-state index in [1.54, 1.807) is 12.1 Å². The Balaban J connectivity index is 2.10. The number of hydrogen-bond donors (Lipinski definition) is 1. The molecule has 0 aliphatic heterocycles. The number of alkyl halides is 3. The van der Waals surface area contributed by atoms with Crippen LogP contribution >= 0.6 is 0 Å². The third-order valence-corrected chi connectivity index (χ3v) is 4.46. The maximum Gasteiger partial charge on any atom is 0.395 e. The number of halogens is 3. The first kappa shape index (κ1) is 15.6. The zero-order valence-corrected chi connectivity index (χ0v) is 12.3. The molecule has 0 heterocycles. The maximum absolute atomic E-state index is 13.1. The number of carbonyl (C=O) groups is 1. The molecule has 1 aliphatic rings. The molecule has 0 bridgehead atoms. The van der Waals surface area contributed by atoms with Crippen LogP contribution in [-0.2, 0) is 4.79 Å². The molecule has 2 nitrogen and oxygen atoms in total. The molecule has 2 aromatic rings. The molecule has 3 rings (SSSR count). The summed E-state index contributed by atoms with van der Waals surface area (Å²) in [6.45, 7) is 0. The minimum atomic E-state index is -4.32. The Bertz CT molecular complexity index is 761. The first-order valence-electron chi connectivity index (χ1n) is 7.40. The largest absolute Gasteiger partial charge is 0.395 e. The summed E-state index contributed by atoms with van der Waals surface area (Å²) in [6, 6.07) is 13.0. The van der Waals surface area contributed by atoms with Gasteiger partial charge in [-0.1, -0.05) is 54.6 Å². The van der Waals surface area contributed by atoms with Gasteiger partial charge in [0.05, 0.1) is 11.8 Å². The van der Waals surface area contributed by atoms with Gasteiger partial charge in [0.15, 0.2) is 0 Å². The van der Waals surface area contributed by atoms with E-state index < -0.39 is 29.8 Å². The highest BCUT2D eigenvalue weighted by molar-refractivity contribution is 5.88. The zero-order chi connectivity index (χ0) is 16.6. The molecule has 23 heavy (non-hydrogen) atoms. The summed E-state index contributed by atoms with van der Waals surface area (Å²) in [7, 11) is 0. The molecule has 1 aliphatic carbocycles. The number of hydrogen-bond acceptors (Lipinski definition) is 1. The van der Waals surface area contributed by atoms with Gasteiger partial charge in [-0.05, 0) is 22.8 Å². The van der Waals surface area contributed by atoms with Gasteiger partial charge in [0.1, 0.15) is 0 Å². The smallest absolute Gasteiger partial charge is 0.369 e. The molecule has 3 atom stereocenters. The predicted molar refractivity (Wildman–Crippen MR) is 82.7 cm³/mol. The van der Waals surface area contributed by atoms with E-state index in [2.05, 4.69) is 0 Å². The number of nitrogens with two attached hydrogens (primary N) is 1. The van der Waals surface area contributed by atoms with E-state index in [1.165, 1.54) is 6.08 Å². The minimum absolute atomic E-state index is 0.165. The van der Waals surface area contributed by atoms with Gasteiger partial charge in [-0.15, -0.1) is 0 Å². The third kappa shape index (κ3) is 2.96. The number of amides is 1. The van der Waals surface area contributed by atoms with Gasteiger partial charge >= 0.3 is 6.18 Å². The fourth-order valence-electron chi connectivity index (χ4n) is 3.32. The van der Waals surface area contributed by atoms with Crippen LogP contribution in [0, 0.1) is 11.8 Å². The summed E-state index contributed by atoms with van der Waals surface area (Å²) in [5.74, 6) is -3.45. The summed E-state index contributed by atoms with van der Waals surface area (Å²) >= 11 is 0. The van der Waals surface area contributed by atoms with Crippen molar-refractivity contribution in [3.8, 4) is 0 Å². The second-order valence-electron chi connectivity index (χ2n) is 5.87. The number of allylic oxidation sites excluding steroid dienone is 1. The van der Waals surface area contributed by atoms with Gasteiger partial charge in [-0.25, -0.2) is 0 Å². The molecule has 2 N–H and O–H groups in total. The maximum atomic E-state index is 13.1. The quantitative estimate of drug-likeness (QED) is 0.830. The molecule has 0 aromatic heterocycles. The number of fused-ring (bicyclic) bond motifs is 1. The minimum Gasteiger partial charge on any atom is -0.369 e. The Morgan fingerprint density at radius 1 is 1.04 bits per heavy atom. The number of benzene rings is 2. The number of rotatable bonds is 2. The molecule has 0 fully saturated rings. The van der Waals surface area contributed by atoms with Crippen molar-refractivity contribution in [2.75, 3.05) is 0 Å². The van der Waals surface area contributed by atoms with Crippen LogP contribution in [0.15, 0.2) is 54.6 Å². The first-order chi connectivity index (χ1) is 10.9. The summed E-state index contributed by atoms with van der Waals surface area (Å²) in [5.41, 5.74) is 6.16. The molecule has 120 valence electrons. The van der Waals surface area contributed by atoms with E-state index in [1.807, 2.05) is 30.3 Å². The molecule has 0 saturated carbocycles. The van der Waals surface area contributed by atoms with Crippen LogP contribution in [0.2, 0.25) is 0 Å². The van der Waals surface area contributed by atoms with Crippen LogP contribution in [0.4, 0.5) is 13.2 Å². The SMILES string of the molecule is NC(=O)C1C=CC(C(F)(F)F)CC1c1cccc2ccccc12. The Kier molecular flexibility index (Phi) is 3.88. The average molecular weight is 319 g/mol. The number of primary amides is 1. The summed E-state index contributed by atoms with van der Waals surface area (Å²) in [5, 5.41) is 1.80. The highest BCUT2D eigenvalue weighted by Gasteiger charge is 2.44. The highest BCUT2D eigenvalue weighted by atomic mass is 19.4. The Hall–Kier alpha value is -2.30. The molecule has 3 unspecified atom stereocenters. The molecule has 0 radical (unpaired) electrons. The second-order valence-corrected chi connectivity index (χ2v) is 5.87. The van der Waals surface area contributed by atoms with Crippen molar-refractivity contribution >= 4 is 16.7 Å². The molecular weight excluding hydrogens is 303 g/mol. The molecule has 2 aromatic carbocycles. The lowest BCUT2D eigenvalue weighted by Crippen LogP contribution is -2.34. The van der Waals surface area contributed by atoms with Crippen LogP contribution < -0.4 is 5.73 Å². The summed E-state index contributed by atoms with van der Waals surface area (Å²) in [4.78, 5) is 11.7. The van der Waals surface area contributed by atoms with E-state index in [-0.39, 0.29) is 6.42 Å². The lowest BCUT2D eigenvalue weighted by molar-refractivity contribution is -0.166. The third-order valence-electron chi connectivity index (χ3n) is 4.46. The number of carbonyl (C=O) groups excluding carboxylic acids is 1. The standard InChI is InChI=1S/C18H16F3NO/c19-18(20,21)12-8-9-15(17(22)23)16(10-12)14-7-3-5-11-4-1-2-6-13(11)14/h1-9,12,15-16H,10H2,(H2,22,23). The molecule has 0 saturated heterocycles. The van der Waals surface area contributed by atoms with Crippen molar-refractivity contribution in [3.63, 3.8) is 0 Å². The predicted octanol–water partition coefficient (Wildman–Crippen LogP) is 4.16. The highest BCUT2D eigenvalue weighted by Crippen LogP contribution is 2.44. The van der Waals surface area contributed by atoms with Gasteiger partial charge in [0.2, 0.25) is 5.91 Å². The van der Waals surface area contributed by atoms with Crippen molar-refractivity contribution in [1.29, 1.82) is 0 Å². The fraction of sp³-hybridized carbons (Fsp3) is 0.278. The van der Waals surface area contributed by atoms with Crippen LogP contribution in [-0.4, -0.2) is 12.1 Å². The Labute approximate surface area is 131 Å². The van der Waals surface area contributed by atoms with Crippen molar-refractivity contribution in [2.24, 2.45) is 17.6 Å². The molecule has 5 heteroatoms. The zero-order valence-electron chi connectivity index (χ0n) is 12.3. The van der Waals surface area contributed by atoms with E-state index in [4.69, 9.17) is 5.73 Å². The van der Waals surface area contributed by atoms with Crippen molar-refractivity contribution in [2.45, 2.75) is 18.5 Å². The van der Waals surface area contributed by atoms with Crippen LogP contribution in [0.1, 0.15) is 17.9 Å². The normalized spacial score (nSPS) is 24.7. The fourth-order valence-corrected chi connectivity index (χ4v) is 3.32. The van der Waals surface area contributed by atoms with E-state index in [0.717, 1.165) is 22.4 Å². The Morgan fingerprint density at radius 2 is 1.74 bits per heavy atom. The summed E-state index contributed by atoms with van der Waals surface area (Å²) < 4.78 is 39.3. The van der Waals surface area contributed by atoms with E-state index >= 15 is 0 Å². The summed E-state index contributed by atoms with van der Waals surface area (Å²) in [6.07, 6.45) is -2.10. The Morgan fingerprint density at radius 3 is 2.43 bits per heavy atom. The van der Waals surface area contributed by atoms with Crippen LogP contribution in [0.5, 0.6) is 0 Å².